The van der Waals surface area contributed by atoms with Gasteiger partial charge in [0.2, 0.25) is 0 Å². The molecule has 0 amide bonds. The summed E-state index contributed by atoms with van der Waals surface area (Å²) in [7, 11) is -3.72. The zero-order valence-electron chi connectivity index (χ0n) is 16.2. The number of hydrogen-bond donors (Lipinski definition) is 3. The van der Waals surface area contributed by atoms with E-state index in [-0.39, 0.29) is 48.5 Å². The Morgan fingerprint density at radius 1 is 1.27 bits per heavy atom. The average molecular weight is 568 g/mol. The van der Waals surface area contributed by atoms with Gasteiger partial charge < -0.3 is 15.7 Å². The van der Waals surface area contributed by atoms with Crippen LogP contribution in [-0.4, -0.2) is 56.0 Å². The number of guanidine groups is 1. The maximum atomic E-state index is 13.4. The Kier molecular flexibility index (Phi) is 10.2. The standard InChI is InChI=1S/C17H24F4N4O3S.HI/c1-22-16(24-10-13-2-3-15(18)14(8-13)11-26)23-9-12-4-6-25(7-5-12)29(27,28)17(19,20)21;/h2-3,8,12,26H,4-7,9-11H2,1H3,(H2,22,23,24);1H. The van der Waals surface area contributed by atoms with Crippen molar-refractivity contribution in [3.63, 3.8) is 0 Å². The van der Waals surface area contributed by atoms with Gasteiger partial charge in [-0.2, -0.15) is 17.5 Å². The molecule has 2 rings (SSSR count). The minimum Gasteiger partial charge on any atom is -0.392 e. The van der Waals surface area contributed by atoms with E-state index in [9.17, 15) is 26.0 Å². The maximum Gasteiger partial charge on any atom is 0.511 e. The molecule has 13 heteroatoms. The SMILES string of the molecule is CN=C(NCc1ccc(F)c(CO)c1)NCC1CCN(S(=O)(=O)C(F)(F)F)CC1.I. The van der Waals surface area contributed by atoms with Gasteiger partial charge in [-0.15, -0.1) is 24.0 Å². The summed E-state index contributed by atoms with van der Waals surface area (Å²) >= 11 is 0. The predicted octanol–water partition coefficient (Wildman–Crippen LogP) is 2.16. The molecule has 1 fully saturated rings. The molecule has 0 unspecified atom stereocenters. The highest BCUT2D eigenvalue weighted by atomic mass is 127. The normalized spacial score (nSPS) is 16.8. The number of sulfonamides is 1. The monoisotopic (exact) mass is 568 g/mol. The Morgan fingerprint density at radius 2 is 1.90 bits per heavy atom. The van der Waals surface area contributed by atoms with E-state index in [1.165, 1.54) is 12.1 Å². The molecule has 0 saturated carbocycles. The van der Waals surface area contributed by atoms with Crippen molar-refractivity contribution in [2.75, 3.05) is 26.7 Å². The molecule has 7 nitrogen and oxygen atoms in total. The topological polar surface area (TPSA) is 94.0 Å². The van der Waals surface area contributed by atoms with E-state index in [0.29, 0.717) is 36.2 Å². The molecule has 172 valence electrons. The summed E-state index contributed by atoms with van der Waals surface area (Å²) < 4.78 is 74.6. The first kappa shape index (κ1) is 26.8. The first-order valence-corrected chi connectivity index (χ1v) is 10.4. The predicted molar refractivity (Wildman–Crippen MR) is 115 cm³/mol. The summed E-state index contributed by atoms with van der Waals surface area (Å²) in [6, 6.07) is 4.37. The molecular formula is C17H25F4IN4O3S. The third-order valence-electron chi connectivity index (χ3n) is 4.73. The number of nitrogens with zero attached hydrogens (tertiary/aromatic N) is 2. The second-order valence-corrected chi connectivity index (χ2v) is 8.61. The molecule has 0 aromatic heterocycles. The first-order valence-electron chi connectivity index (χ1n) is 8.97. The van der Waals surface area contributed by atoms with Crippen molar-refractivity contribution >= 4 is 40.0 Å². The number of rotatable bonds is 6. The zero-order valence-corrected chi connectivity index (χ0v) is 19.4. The van der Waals surface area contributed by atoms with Crippen LogP contribution in [0.1, 0.15) is 24.0 Å². The van der Waals surface area contributed by atoms with Crippen LogP contribution >= 0.6 is 24.0 Å². The molecule has 1 aliphatic rings. The Balaban J connectivity index is 0.00000450. The Labute approximate surface area is 190 Å². The fourth-order valence-corrected chi connectivity index (χ4v) is 3.99. The van der Waals surface area contributed by atoms with E-state index in [4.69, 9.17) is 5.11 Å². The molecule has 0 aliphatic carbocycles. The minimum absolute atomic E-state index is 0. The van der Waals surface area contributed by atoms with Gasteiger partial charge in [-0.3, -0.25) is 4.99 Å². The van der Waals surface area contributed by atoms with Crippen molar-refractivity contribution in [1.82, 2.24) is 14.9 Å². The van der Waals surface area contributed by atoms with E-state index in [1.807, 2.05) is 0 Å². The van der Waals surface area contributed by atoms with E-state index < -0.39 is 28.0 Å². The van der Waals surface area contributed by atoms with Gasteiger partial charge in [-0.05, 0) is 36.5 Å². The van der Waals surface area contributed by atoms with Crippen molar-refractivity contribution in [3.05, 3.63) is 35.1 Å². The van der Waals surface area contributed by atoms with Crippen LogP contribution in [0.15, 0.2) is 23.2 Å². The van der Waals surface area contributed by atoms with E-state index in [2.05, 4.69) is 15.6 Å². The molecule has 1 aliphatic heterocycles. The third-order valence-corrected chi connectivity index (χ3v) is 6.36. The Bertz CT molecular complexity index is 829. The molecule has 1 heterocycles. The second kappa shape index (κ2) is 11.4. The minimum atomic E-state index is -5.28. The summed E-state index contributed by atoms with van der Waals surface area (Å²) in [5.41, 5.74) is -4.35. The second-order valence-electron chi connectivity index (χ2n) is 6.68. The number of nitrogens with one attached hydrogen (secondary N) is 2. The lowest BCUT2D eigenvalue weighted by Crippen LogP contribution is -2.47. The zero-order chi connectivity index (χ0) is 21.7. The van der Waals surface area contributed by atoms with Gasteiger partial charge in [0.1, 0.15) is 5.82 Å². The highest BCUT2D eigenvalue weighted by Gasteiger charge is 2.50. The highest BCUT2D eigenvalue weighted by molar-refractivity contribution is 14.0. The first-order chi connectivity index (χ1) is 13.6. The van der Waals surface area contributed by atoms with Crippen LogP contribution in [0.3, 0.4) is 0 Å². The fraction of sp³-hybridized carbons (Fsp3) is 0.588. The molecule has 3 N–H and O–H groups in total. The molecular weight excluding hydrogens is 543 g/mol. The smallest absolute Gasteiger partial charge is 0.392 e. The van der Waals surface area contributed by atoms with Gasteiger partial charge in [-0.1, -0.05) is 6.07 Å². The molecule has 1 aromatic rings. The molecule has 30 heavy (non-hydrogen) atoms. The average Bonchev–Trinajstić information content (AvgIpc) is 2.68. The summed E-state index contributed by atoms with van der Waals surface area (Å²) in [6.07, 6.45) is 0.605. The summed E-state index contributed by atoms with van der Waals surface area (Å²) in [4.78, 5) is 4.05. The van der Waals surface area contributed by atoms with Crippen LogP contribution in [0.25, 0.3) is 0 Å². The number of benzene rings is 1. The van der Waals surface area contributed by atoms with Crippen molar-refractivity contribution in [2.45, 2.75) is 31.5 Å². The van der Waals surface area contributed by atoms with E-state index in [1.54, 1.807) is 13.1 Å². The number of piperidine rings is 1. The Morgan fingerprint density at radius 3 is 2.43 bits per heavy atom. The van der Waals surface area contributed by atoms with Gasteiger partial charge in [0.15, 0.2) is 5.96 Å². The number of aliphatic hydroxyl groups excluding tert-OH is 1. The van der Waals surface area contributed by atoms with Crippen molar-refractivity contribution in [1.29, 1.82) is 0 Å². The van der Waals surface area contributed by atoms with Gasteiger partial charge in [0.25, 0.3) is 0 Å². The number of aliphatic hydroxyl groups is 1. The number of halogens is 5. The molecule has 1 saturated heterocycles. The van der Waals surface area contributed by atoms with Crippen LogP contribution < -0.4 is 10.6 Å². The van der Waals surface area contributed by atoms with Crippen LogP contribution in [-0.2, 0) is 23.2 Å². The lowest BCUT2D eigenvalue weighted by Gasteiger charge is -2.31. The van der Waals surface area contributed by atoms with Crippen molar-refractivity contribution in [3.8, 4) is 0 Å². The van der Waals surface area contributed by atoms with Crippen LogP contribution in [0.5, 0.6) is 0 Å². The number of hydrogen-bond acceptors (Lipinski definition) is 4. The maximum absolute atomic E-state index is 13.4. The largest absolute Gasteiger partial charge is 0.511 e. The third kappa shape index (κ3) is 6.92. The van der Waals surface area contributed by atoms with Crippen molar-refractivity contribution < 1.29 is 31.1 Å². The lowest BCUT2D eigenvalue weighted by molar-refractivity contribution is -0.0496. The van der Waals surface area contributed by atoms with Gasteiger partial charge in [-0.25, -0.2) is 12.8 Å². The van der Waals surface area contributed by atoms with Crippen LogP contribution in [0.2, 0.25) is 0 Å². The highest BCUT2D eigenvalue weighted by Crippen LogP contribution is 2.30. The lowest BCUT2D eigenvalue weighted by atomic mass is 9.98. The Hall–Kier alpha value is -1.19. The molecule has 0 atom stereocenters. The summed E-state index contributed by atoms with van der Waals surface area (Å²) in [5, 5.41) is 15.2. The quantitative estimate of drug-likeness (QED) is 0.212. The summed E-state index contributed by atoms with van der Waals surface area (Å²) in [5.74, 6) is -0.0390. The van der Waals surface area contributed by atoms with Gasteiger partial charge in [0.05, 0.1) is 6.61 Å². The van der Waals surface area contributed by atoms with Gasteiger partial charge in [0, 0.05) is 38.8 Å². The summed E-state index contributed by atoms with van der Waals surface area (Å²) in [6.45, 7) is -0.0189. The number of aliphatic imine (C=N–C) groups is 1. The molecule has 1 aromatic carbocycles. The van der Waals surface area contributed by atoms with Crippen molar-refractivity contribution in [2.24, 2.45) is 10.9 Å². The molecule has 0 bridgehead atoms. The van der Waals surface area contributed by atoms with Crippen LogP contribution in [0.4, 0.5) is 17.6 Å². The van der Waals surface area contributed by atoms with E-state index in [0.717, 1.165) is 5.56 Å². The van der Waals surface area contributed by atoms with Gasteiger partial charge >= 0.3 is 15.5 Å². The van der Waals surface area contributed by atoms with Crippen LogP contribution in [0, 0.1) is 11.7 Å². The van der Waals surface area contributed by atoms with E-state index >= 15 is 0 Å². The molecule has 0 spiro atoms. The fourth-order valence-electron chi connectivity index (χ4n) is 3.01. The number of alkyl halides is 3. The molecule has 0 radical (unpaired) electrons.